The minimum Gasteiger partial charge on any atom is -0.478 e. The molecule has 1 aromatic heterocycles. The zero-order valence-electron chi connectivity index (χ0n) is 13.9. The highest BCUT2D eigenvalue weighted by molar-refractivity contribution is 6.30. The van der Waals surface area contributed by atoms with Crippen LogP contribution in [0.25, 0.3) is 11.3 Å². The van der Waals surface area contributed by atoms with Gasteiger partial charge in [-0.25, -0.2) is 9.89 Å². The predicted octanol–water partition coefficient (Wildman–Crippen LogP) is 2.72. The summed E-state index contributed by atoms with van der Waals surface area (Å²) in [6, 6.07) is 14.3. The Morgan fingerprint density at radius 2 is 1.74 bits per heavy atom. The first-order valence-corrected chi connectivity index (χ1v) is 8.28. The molecule has 136 valence electrons. The summed E-state index contributed by atoms with van der Waals surface area (Å²) < 4.78 is 0. The second kappa shape index (κ2) is 7.84. The molecule has 0 saturated heterocycles. The van der Waals surface area contributed by atoms with E-state index >= 15 is 0 Å². The smallest absolute Gasteiger partial charge is 0.335 e. The quantitative estimate of drug-likeness (QED) is 0.627. The molecule has 27 heavy (non-hydrogen) atoms. The van der Waals surface area contributed by atoms with Crippen LogP contribution < -0.4 is 10.9 Å². The number of hydrogen-bond acceptors (Lipinski definition) is 4. The molecule has 1 amide bonds. The van der Waals surface area contributed by atoms with Crippen molar-refractivity contribution in [2.45, 2.75) is 6.54 Å². The molecule has 0 unspecified atom stereocenters. The van der Waals surface area contributed by atoms with Crippen molar-refractivity contribution in [3.8, 4) is 11.3 Å². The molecule has 3 N–H and O–H groups in total. The first kappa shape index (κ1) is 18.3. The normalized spacial score (nSPS) is 10.4. The van der Waals surface area contributed by atoms with E-state index in [1.165, 1.54) is 18.2 Å². The number of carbonyl (C=O) groups excluding carboxylic acids is 1. The van der Waals surface area contributed by atoms with Gasteiger partial charge in [-0.3, -0.25) is 9.59 Å². The summed E-state index contributed by atoms with van der Waals surface area (Å²) in [5.74, 6) is -1.59. The molecule has 0 saturated carbocycles. The number of carboxylic acids is 1. The molecule has 3 rings (SSSR count). The Bertz CT molecular complexity index is 1040. The number of carboxylic acid groups (broad SMARTS) is 1. The Balaban J connectivity index is 1.80. The molecule has 0 atom stereocenters. The Morgan fingerprint density at radius 3 is 2.37 bits per heavy atom. The number of H-pyrrole nitrogens is 1. The standard InChI is InChI=1S/C19H14ClN3O4/c20-14-7-1-11(2-8-14)10-21-17(24)15-9-16(22-23-18(15)25)12-3-5-13(6-4-12)19(26)27/h1-9H,10H2,(H,21,24)(H,23,25)(H,26,27). The van der Waals surface area contributed by atoms with Gasteiger partial charge in [0.2, 0.25) is 0 Å². The second-order valence-corrected chi connectivity index (χ2v) is 6.12. The molecule has 2 aromatic carbocycles. The number of aromatic amines is 1. The van der Waals surface area contributed by atoms with E-state index in [0.717, 1.165) is 5.56 Å². The van der Waals surface area contributed by atoms with Gasteiger partial charge in [0.05, 0.1) is 11.3 Å². The average Bonchev–Trinajstić information content (AvgIpc) is 2.68. The highest BCUT2D eigenvalue weighted by Crippen LogP contribution is 2.17. The Labute approximate surface area is 158 Å². The summed E-state index contributed by atoms with van der Waals surface area (Å²) in [6.45, 7) is 0.237. The number of nitrogens with one attached hydrogen (secondary N) is 2. The maximum atomic E-state index is 12.4. The van der Waals surface area contributed by atoms with Gasteiger partial charge in [0.1, 0.15) is 5.56 Å². The summed E-state index contributed by atoms with van der Waals surface area (Å²) in [6.07, 6.45) is 0. The predicted molar refractivity (Wildman–Crippen MR) is 99.9 cm³/mol. The number of carbonyl (C=O) groups is 2. The summed E-state index contributed by atoms with van der Waals surface area (Å²) in [7, 11) is 0. The van der Waals surface area contributed by atoms with Gasteiger partial charge in [-0.15, -0.1) is 0 Å². The summed E-state index contributed by atoms with van der Waals surface area (Å²) >= 11 is 5.82. The van der Waals surface area contributed by atoms with E-state index in [9.17, 15) is 14.4 Å². The number of benzene rings is 2. The van der Waals surface area contributed by atoms with Gasteiger partial charge in [0.15, 0.2) is 0 Å². The van der Waals surface area contributed by atoms with Gasteiger partial charge in [0, 0.05) is 17.1 Å². The van der Waals surface area contributed by atoms with E-state index in [0.29, 0.717) is 16.3 Å². The van der Waals surface area contributed by atoms with Crippen LogP contribution >= 0.6 is 11.6 Å². The number of rotatable bonds is 5. The molecule has 3 aromatic rings. The van der Waals surface area contributed by atoms with Crippen molar-refractivity contribution in [1.29, 1.82) is 0 Å². The minimum absolute atomic E-state index is 0.0868. The molecule has 0 radical (unpaired) electrons. The van der Waals surface area contributed by atoms with Crippen LogP contribution in [0.5, 0.6) is 0 Å². The zero-order valence-corrected chi connectivity index (χ0v) is 14.7. The third-order valence-electron chi connectivity index (χ3n) is 3.84. The van der Waals surface area contributed by atoms with E-state index in [1.54, 1.807) is 36.4 Å². The Kier molecular flexibility index (Phi) is 5.33. The minimum atomic E-state index is -1.04. The highest BCUT2D eigenvalue weighted by atomic mass is 35.5. The molecule has 1 heterocycles. The fourth-order valence-corrected chi connectivity index (χ4v) is 2.51. The first-order chi connectivity index (χ1) is 12.9. The Morgan fingerprint density at radius 1 is 1.07 bits per heavy atom. The fraction of sp³-hybridized carbons (Fsp3) is 0.0526. The van der Waals surface area contributed by atoms with E-state index in [-0.39, 0.29) is 17.7 Å². The van der Waals surface area contributed by atoms with Crippen LogP contribution in [0.15, 0.2) is 59.4 Å². The lowest BCUT2D eigenvalue weighted by Crippen LogP contribution is -2.29. The number of hydrogen-bond donors (Lipinski definition) is 3. The fourth-order valence-electron chi connectivity index (χ4n) is 2.39. The molecule has 0 aliphatic heterocycles. The molecule has 7 nitrogen and oxygen atoms in total. The van der Waals surface area contributed by atoms with Crippen molar-refractivity contribution in [2.24, 2.45) is 0 Å². The van der Waals surface area contributed by atoms with Crippen molar-refractivity contribution in [1.82, 2.24) is 15.5 Å². The molecule has 8 heteroatoms. The number of halogens is 1. The van der Waals surface area contributed by atoms with E-state index in [4.69, 9.17) is 16.7 Å². The first-order valence-electron chi connectivity index (χ1n) is 7.90. The maximum Gasteiger partial charge on any atom is 0.335 e. The molecule has 0 bridgehead atoms. The van der Waals surface area contributed by atoms with Crippen LogP contribution in [-0.4, -0.2) is 27.2 Å². The summed E-state index contributed by atoms with van der Waals surface area (Å²) in [5, 5.41) is 18.4. The van der Waals surface area contributed by atoms with Crippen LogP contribution in [-0.2, 0) is 6.54 Å². The van der Waals surface area contributed by atoms with E-state index in [2.05, 4.69) is 15.5 Å². The van der Waals surface area contributed by atoms with Crippen molar-refractivity contribution >= 4 is 23.5 Å². The average molecular weight is 384 g/mol. The van der Waals surface area contributed by atoms with Crippen LogP contribution in [0, 0.1) is 0 Å². The lowest BCUT2D eigenvalue weighted by Gasteiger charge is -2.07. The SMILES string of the molecule is O=C(O)c1ccc(-c2cc(C(=O)NCc3ccc(Cl)cc3)c(=O)[nH]n2)cc1. The van der Waals surface area contributed by atoms with Gasteiger partial charge < -0.3 is 10.4 Å². The van der Waals surface area contributed by atoms with Gasteiger partial charge in [-0.2, -0.15) is 5.10 Å². The molecule has 0 fully saturated rings. The van der Waals surface area contributed by atoms with E-state index < -0.39 is 17.4 Å². The van der Waals surface area contributed by atoms with E-state index in [1.807, 2.05) is 0 Å². The highest BCUT2D eigenvalue weighted by Gasteiger charge is 2.13. The second-order valence-electron chi connectivity index (χ2n) is 5.69. The Hall–Kier alpha value is -3.45. The molecule has 0 spiro atoms. The number of aromatic carboxylic acids is 1. The molecular weight excluding hydrogens is 370 g/mol. The number of nitrogens with zero attached hydrogens (tertiary/aromatic N) is 1. The summed E-state index contributed by atoms with van der Waals surface area (Å²) in [5.41, 5.74) is 1.18. The number of aromatic nitrogens is 2. The van der Waals surface area contributed by atoms with Crippen molar-refractivity contribution in [2.75, 3.05) is 0 Å². The molecule has 0 aliphatic carbocycles. The lowest BCUT2D eigenvalue weighted by molar-refractivity contribution is 0.0696. The lowest BCUT2D eigenvalue weighted by atomic mass is 10.1. The van der Waals surface area contributed by atoms with Gasteiger partial charge in [-0.1, -0.05) is 35.9 Å². The van der Waals surface area contributed by atoms with Gasteiger partial charge >= 0.3 is 5.97 Å². The van der Waals surface area contributed by atoms with Crippen LogP contribution in [0.2, 0.25) is 5.02 Å². The van der Waals surface area contributed by atoms with Crippen molar-refractivity contribution in [3.63, 3.8) is 0 Å². The van der Waals surface area contributed by atoms with Crippen LogP contribution in [0.1, 0.15) is 26.3 Å². The summed E-state index contributed by atoms with van der Waals surface area (Å²) in [4.78, 5) is 35.3. The van der Waals surface area contributed by atoms with Crippen molar-refractivity contribution < 1.29 is 14.7 Å². The molecule has 0 aliphatic rings. The zero-order chi connectivity index (χ0) is 19.4. The largest absolute Gasteiger partial charge is 0.478 e. The van der Waals surface area contributed by atoms with Crippen molar-refractivity contribution in [3.05, 3.63) is 86.7 Å². The number of amides is 1. The molecular formula is C19H14ClN3O4. The topological polar surface area (TPSA) is 112 Å². The van der Waals surface area contributed by atoms with Crippen LogP contribution in [0.4, 0.5) is 0 Å². The third kappa shape index (κ3) is 4.39. The monoisotopic (exact) mass is 383 g/mol. The third-order valence-corrected chi connectivity index (χ3v) is 4.09. The van der Waals surface area contributed by atoms with Gasteiger partial charge in [-0.05, 0) is 35.9 Å². The maximum absolute atomic E-state index is 12.4. The van der Waals surface area contributed by atoms with Gasteiger partial charge in [0.25, 0.3) is 11.5 Å². The van der Waals surface area contributed by atoms with Crippen LogP contribution in [0.3, 0.4) is 0 Å².